The van der Waals surface area contributed by atoms with Crippen LogP contribution in [0, 0.1) is 11.8 Å². The summed E-state index contributed by atoms with van der Waals surface area (Å²) in [7, 11) is 0. The standard InChI is InChI=1S/C12H18O3/c13-8-9-7-10(9)11-5-3-1-2-4-6-12(14)15-11/h1,3,9-11,13H,2,4-8H2/b3-1-/t9-,10+,11-/m0/s1. The van der Waals surface area contributed by atoms with Gasteiger partial charge in [0, 0.05) is 25.4 Å². The van der Waals surface area contributed by atoms with E-state index in [9.17, 15) is 4.79 Å². The lowest BCUT2D eigenvalue weighted by Gasteiger charge is -2.15. The van der Waals surface area contributed by atoms with Crippen molar-refractivity contribution in [3.05, 3.63) is 12.2 Å². The highest BCUT2D eigenvalue weighted by atomic mass is 16.5. The lowest BCUT2D eigenvalue weighted by atomic mass is 10.1. The average Bonchev–Trinajstić information content (AvgIpc) is 2.98. The maximum atomic E-state index is 11.4. The molecule has 0 amide bonds. The van der Waals surface area contributed by atoms with E-state index in [4.69, 9.17) is 9.84 Å². The molecule has 3 heteroatoms. The summed E-state index contributed by atoms with van der Waals surface area (Å²) >= 11 is 0. The molecule has 0 radical (unpaired) electrons. The topological polar surface area (TPSA) is 46.5 Å². The van der Waals surface area contributed by atoms with Crippen LogP contribution in [0.25, 0.3) is 0 Å². The SMILES string of the molecule is O=C1CCC/C=C\C[C@@H]([C@@H]2C[C@H]2CO)O1. The van der Waals surface area contributed by atoms with E-state index in [-0.39, 0.29) is 18.7 Å². The van der Waals surface area contributed by atoms with Gasteiger partial charge in [-0.05, 0) is 25.2 Å². The Balaban J connectivity index is 1.92. The van der Waals surface area contributed by atoms with Crippen LogP contribution in [0.4, 0.5) is 0 Å². The minimum absolute atomic E-state index is 0.00370. The number of carbonyl (C=O) groups excluding carboxylic acids is 1. The van der Waals surface area contributed by atoms with Crippen LogP contribution >= 0.6 is 0 Å². The number of carbonyl (C=O) groups is 1. The second-order valence-electron chi connectivity index (χ2n) is 4.47. The normalized spacial score (nSPS) is 38.5. The Morgan fingerprint density at radius 2 is 2.33 bits per heavy atom. The quantitative estimate of drug-likeness (QED) is 0.557. The molecule has 15 heavy (non-hydrogen) atoms. The van der Waals surface area contributed by atoms with E-state index in [0.717, 1.165) is 25.7 Å². The van der Waals surface area contributed by atoms with E-state index in [0.29, 0.717) is 18.3 Å². The number of hydrogen-bond acceptors (Lipinski definition) is 3. The lowest BCUT2D eigenvalue weighted by Crippen LogP contribution is -2.20. The highest BCUT2D eigenvalue weighted by Gasteiger charge is 2.43. The molecule has 84 valence electrons. The molecule has 3 atom stereocenters. The maximum Gasteiger partial charge on any atom is 0.306 e. The summed E-state index contributed by atoms with van der Waals surface area (Å²) in [5.74, 6) is 0.672. The van der Waals surface area contributed by atoms with E-state index in [1.54, 1.807) is 0 Å². The van der Waals surface area contributed by atoms with Crippen molar-refractivity contribution in [2.24, 2.45) is 11.8 Å². The first kappa shape index (κ1) is 10.7. The molecule has 1 aliphatic carbocycles. The van der Waals surface area contributed by atoms with Crippen molar-refractivity contribution in [2.75, 3.05) is 6.61 Å². The first-order chi connectivity index (χ1) is 7.31. The van der Waals surface area contributed by atoms with Crippen LogP contribution in [0.15, 0.2) is 12.2 Å². The maximum absolute atomic E-state index is 11.4. The average molecular weight is 210 g/mol. The van der Waals surface area contributed by atoms with E-state index < -0.39 is 0 Å². The van der Waals surface area contributed by atoms with Crippen LogP contribution in [-0.4, -0.2) is 23.8 Å². The summed E-state index contributed by atoms with van der Waals surface area (Å²) in [6.07, 6.45) is 8.43. The lowest BCUT2D eigenvalue weighted by molar-refractivity contribution is -0.150. The summed E-state index contributed by atoms with van der Waals surface area (Å²) in [6, 6.07) is 0. The minimum atomic E-state index is -0.0766. The molecule has 0 aromatic rings. The monoisotopic (exact) mass is 210 g/mol. The predicted octanol–water partition coefficient (Wildman–Crippen LogP) is 1.66. The molecule has 0 aromatic heterocycles. The Kier molecular flexibility index (Phi) is 3.41. The number of ether oxygens (including phenoxy) is 1. The molecule has 0 spiro atoms. The molecule has 0 saturated heterocycles. The van der Waals surface area contributed by atoms with Gasteiger partial charge in [0.05, 0.1) is 0 Å². The molecule has 1 fully saturated rings. The zero-order valence-electron chi connectivity index (χ0n) is 8.89. The minimum Gasteiger partial charge on any atom is -0.462 e. The number of aliphatic hydroxyl groups excluding tert-OH is 1. The summed E-state index contributed by atoms with van der Waals surface area (Å²) in [5.41, 5.74) is 0. The Hall–Kier alpha value is -0.830. The second-order valence-corrected chi connectivity index (χ2v) is 4.47. The number of aliphatic hydroxyl groups is 1. The van der Waals surface area contributed by atoms with Gasteiger partial charge in [0.2, 0.25) is 0 Å². The molecule has 1 aliphatic heterocycles. The Labute approximate surface area is 90.1 Å². The predicted molar refractivity (Wildman–Crippen MR) is 56.2 cm³/mol. The molecule has 1 heterocycles. The van der Waals surface area contributed by atoms with Gasteiger partial charge in [0.25, 0.3) is 0 Å². The van der Waals surface area contributed by atoms with Crippen LogP contribution in [-0.2, 0) is 9.53 Å². The van der Waals surface area contributed by atoms with Crippen LogP contribution in [0.1, 0.15) is 32.1 Å². The van der Waals surface area contributed by atoms with Crippen molar-refractivity contribution in [3.63, 3.8) is 0 Å². The van der Waals surface area contributed by atoms with Crippen molar-refractivity contribution in [2.45, 2.75) is 38.2 Å². The fourth-order valence-electron chi connectivity index (χ4n) is 2.19. The Morgan fingerprint density at radius 1 is 1.47 bits per heavy atom. The van der Waals surface area contributed by atoms with Crippen LogP contribution in [0.3, 0.4) is 0 Å². The molecule has 3 nitrogen and oxygen atoms in total. The van der Waals surface area contributed by atoms with Gasteiger partial charge in [0.1, 0.15) is 6.10 Å². The van der Waals surface area contributed by atoms with Gasteiger partial charge in [-0.2, -0.15) is 0 Å². The molecule has 1 saturated carbocycles. The fourth-order valence-corrected chi connectivity index (χ4v) is 2.19. The van der Waals surface area contributed by atoms with Crippen molar-refractivity contribution in [1.29, 1.82) is 0 Å². The highest BCUT2D eigenvalue weighted by Crippen LogP contribution is 2.43. The van der Waals surface area contributed by atoms with Crippen molar-refractivity contribution in [3.8, 4) is 0 Å². The number of cyclic esters (lactones) is 1. The van der Waals surface area contributed by atoms with Crippen molar-refractivity contribution in [1.82, 2.24) is 0 Å². The number of esters is 1. The van der Waals surface area contributed by atoms with Gasteiger partial charge in [0.15, 0.2) is 0 Å². The van der Waals surface area contributed by atoms with E-state index in [1.807, 2.05) is 0 Å². The second kappa shape index (κ2) is 4.79. The molecule has 0 bridgehead atoms. The molecule has 2 rings (SSSR count). The summed E-state index contributed by atoms with van der Waals surface area (Å²) in [6.45, 7) is 0.225. The third-order valence-corrected chi connectivity index (χ3v) is 3.26. The van der Waals surface area contributed by atoms with Crippen molar-refractivity contribution >= 4 is 5.97 Å². The number of allylic oxidation sites excluding steroid dienone is 1. The summed E-state index contributed by atoms with van der Waals surface area (Å²) in [4.78, 5) is 11.4. The van der Waals surface area contributed by atoms with Gasteiger partial charge >= 0.3 is 5.97 Å². The van der Waals surface area contributed by atoms with E-state index >= 15 is 0 Å². The third kappa shape index (κ3) is 2.81. The van der Waals surface area contributed by atoms with Crippen LogP contribution in [0.5, 0.6) is 0 Å². The highest BCUT2D eigenvalue weighted by molar-refractivity contribution is 5.69. The number of hydrogen-bond donors (Lipinski definition) is 1. The van der Waals surface area contributed by atoms with Crippen LogP contribution < -0.4 is 0 Å². The smallest absolute Gasteiger partial charge is 0.306 e. The zero-order valence-corrected chi connectivity index (χ0v) is 8.89. The summed E-state index contributed by atoms with van der Waals surface area (Å²) < 4.78 is 5.43. The largest absolute Gasteiger partial charge is 0.462 e. The molecule has 0 aromatic carbocycles. The number of rotatable bonds is 2. The Morgan fingerprint density at radius 3 is 3.07 bits per heavy atom. The van der Waals surface area contributed by atoms with Gasteiger partial charge < -0.3 is 9.84 Å². The van der Waals surface area contributed by atoms with Gasteiger partial charge in [-0.25, -0.2) is 0 Å². The molecule has 2 aliphatic rings. The van der Waals surface area contributed by atoms with Gasteiger partial charge in [-0.3, -0.25) is 4.79 Å². The van der Waals surface area contributed by atoms with Gasteiger partial charge in [-0.15, -0.1) is 0 Å². The van der Waals surface area contributed by atoms with Crippen LogP contribution in [0.2, 0.25) is 0 Å². The first-order valence-electron chi connectivity index (χ1n) is 5.76. The first-order valence-corrected chi connectivity index (χ1v) is 5.76. The third-order valence-electron chi connectivity index (χ3n) is 3.26. The van der Waals surface area contributed by atoms with Crippen molar-refractivity contribution < 1.29 is 14.6 Å². The Bertz CT molecular complexity index is 260. The fraction of sp³-hybridized carbons (Fsp3) is 0.750. The molecular weight excluding hydrogens is 192 g/mol. The molecular formula is C12H18O3. The van der Waals surface area contributed by atoms with Gasteiger partial charge in [-0.1, -0.05) is 12.2 Å². The molecule has 1 N–H and O–H groups in total. The van der Waals surface area contributed by atoms with E-state index in [2.05, 4.69) is 12.2 Å². The summed E-state index contributed by atoms with van der Waals surface area (Å²) in [5, 5.41) is 9.00. The zero-order chi connectivity index (χ0) is 10.7. The molecule has 0 unspecified atom stereocenters. The van der Waals surface area contributed by atoms with E-state index in [1.165, 1.54) is 0 Å².